The second kappa shape index (κ2) is 6.70. The van der Waals surface area contributed by atoms with Crippen LogP contribution in [0.5, 0.6) is 0 Å². The van der Waals surface area contributed by atoms with Gasteiger partial charge in [-0.3, -0.25) is 5.32 Å². The quantitative estimate of drug-likeness (QED) is 0.743. The second-order valence-electron chi connectivity index (χ2n) is 3.93. The minimum absolute atomic E-state index is 0.200. The topological polar surface area (TPSA) is 74.2 Å². The molecule has 1 aromatic heterocycles. The maximum atomic E-state index is 11.8. The van der Waals surface area contributed by atoms with E-state index < -0.39 is 0 Å². The van der Waals surface area contributed by atoms with E-state index in [2.05, 4.69) is 27.5 Å². The first-order chi connectivity index (χ1) is 9.67. The molecule has 0 spiro atoms. The molecule has 6 heteroatoms. The van der Waals surface area contributed by atoms with Crippen molar-refractivity contribution in [1.82, 2.24) is 4.98 Å². The third kappa shape index (κ3) is 4.09. The van der Waals surface area contributed by atoms with Crippen LogP contribution in [0.1, 0.15) is 10.4 Å². The van der Waals surface area contributed by atoms with Gasteiger partial charge in [-0.15, -0.1) is 0 Å². The maximum Gasteiger partial charge on any atom is 0.325 e. The van der Waals surface area contributed by atoms with E-state index in [1.165, 1.54) is 11.3 Å². The Bertz CT molecular complexity index is 653. The molecule has 102 valence electrons. The number of urea groups is 1. The monoisotopic (exact) mass is 287 g/mol. The summed E-state index contributed by atoms with van der Waals surface area (Å²) >= 11 is 1.25. The number of thiazole rings is 1. The molecule has 0 saturated heterocycles. The molecule has 0 aliphatic rings. The lowest BCUT2D eigenvalue weighted by Crippen LogP contribution is -2.19. The van der Waals surface area contributed by atoms with Gasteiger partial charge in [-0.05, 0) is 19.1 Å². The minimum Gasteiger partial charge on any atom is -0.384 e. The van der Waals surface area contributed by atoms with Crippen molar-refractivity contribution < 1.29 is 9.90 Å². The summed E-state index contributed by atoms with van der Waals surface area (Å²) in [6.07, 6.45) is 1.55. The first-order valence-corrected chi connectivity index (χ1v) is 6.69. The van der Waals surface area contributed by atoms with E-state index in [0.717, 1.165) is 5.56 Å². The zero-order chi connectivity index (χ0) is 14.4. The predicted molar refractivity (Wildman–Crippen MR) is 79.9 cm³/mol. The summed E-state index contributed by atoms with van der Waals surface area (Å²) in [5.41, 5.74) is 1.84. The Balaban J connectivity index is 1.94. The van der Waals surface area contributed by atoms with Crippen LogP contribution in [-0.2, 0) is 0 Å². The number of amides is 2. The highest BCUT2D eigenvalue weighted by atomic mass is 32.1. The smallest absolute Gasteiger partial charge is 0.325 e. The molecule has 3 N–H and O–H groups in total. The number of benzene rings is 1. The van der Waals surface area contributed by atoms with Crippen LogP contribution in [0.15, 0.2) is 30.5 Å². The summed E-state index contributed by atoms with van der Waals surface area (Å²) in [5.74, 6) is 5.25. The number of nitrogens with one attached hydrogen (secondary N) is 2. The zero-order valence-electron chi connectivity index (χ0n) is 10.8. The summed E-state index contributed by atoms with van der Waals surface area (Å²) in [6, 6.07) is 7.14. The molecule has 0 fully saturated rings. The van der Waals surface area contributed by atoms with Crippen LogP contribution in [0.4, 0.5) is 15.6 Å². The van der Waals surface area contributed by atoms with E-state index in [4.69, 9.17) is 5.11 Å². The molecular formula is C14H13N3O2S. The van der Waals surface area contributed by atoms with Crippen LogP contribution in [0, 0.1) is 18.8 Å². The zero-order valence-corrected chi connectivity index (χ0v) is 11.6. The molecule has 1 heterocycles. The SMILES string of the molecule is Cc1ccc(NC(=O)Nc2ncc(C#CCO)s2)cc1. The first-order valence-electron chi connectivity index (χ1n) is 5.87. The number of aromatic nitrogens is 1. The molecule has 1 aromatic carbocycles. The van der Waals surface area contributed by atoms with E-state index in [1.54, 1.807) is 6.20 Å². The first kappa shape index (κ1) is 14.1. The summed E-state index contributed by atoms with van der Waals surface area (Å²) < 4.78 is 0. The number of nitrogens with zero attached hydrogens (tertiary/aromatic N) is 1. The van der Waals surface area contributed by atoms with Gasteiger partial charge in [-0.25, -0.2) is 9.78 Å². The van der Waals surface area contributed by atoms with Crippen molar-refractivity contribution in [1.29, 1.82) is 0 Å². The second-order valence-corrected chi connectivity index (χ2v) is 4.97. The number of aliphatic hydroxyl groups excluding tert-OH is 1. The number of hydrogen-bond donors (Lipinski definition) is 3. The molecule has 0 atom stereocenters. The molecule has 2 rings (SSSR count). The Morgan fingerprint density at radius 1 is 1.35 bits per heavy atom. The molecule has 0 radical (unpaired) electrons. The van der Waals surface area contributed by atoms with Gasteiger partial charge in [0, 0.05) is 5.69 Å². The van der Waals surface area contributed by atoms with E-state index in [0.29, 0.717) is 15.7 Å². The summed E-state index contributed by atoms with van der Waals surface area (Å²) in [5, 5.41) is 14.4. The number of rotatable bonds is 2. The average molecular weight is 287 g/mol. The summed E-state index contributed by atoms with van der Waals surface area (Å²) in [4.78, 5) is 16.5. The number of carbonyl (C=O) groups is 1. The molecule has 5 nitrogen and oxygen atoms in total. The van der Waals surface area contributed by atoms with Gasteiger partial charge in [0.25, 0.3) is 0 Å². The van der Waals surface area contributed by atoms with Gasteiger partial charge in [0.2, 0.25) is 0 Å². The number of aliphatic hydroxyl groups is 1. The van der Waals surface area contributed by atoms with Crippen molar-refractivity contribution in [3.05, 3.63) is 40.9 Å². The molecular weight excluding hydrogens is 274 g/mol. The molecule has 0 saturated carbocycles. The Labute approximate surface area is 120 Å². The highest BCUT2D eigenvalue weighted by Gasteiger charge is 2.05. The van der Waals surface area contributed by atoms with Crippen molar-refractivity contribution in [2.24, 2.45) is 0 Å². The van der Waals surface area contributed by atoms with Crippen molar-refractivity contribution in [3.8, 4) is 11.8 Å². The molecule has 0 unspecified atom stereocenters. The van der Waals surface area contributed by atoms with Crippen LogP contribution < -0.4 is 10.6 Å². The lowest BCUT2D eigenvalue weighted by Gasteiger charge is -2.05. The van der Waals surface area contributed by atoms with Crippen molar-refractivity contribution in [2.45, 2.75) is 6.92 Å². The number of aryl methyl sites for hydroxylation is 1. The highest BCUT2D eigenvalue weighted by Crippen LogP contribution is 2.17. The van der Waals surface area contributed by atoms with Crippen LogP contribution in [0.2, 0.25) is 0 Å². The van der Waals surface area contributed by atoms with Crippen LogP contribution in [0.25, 0.3) is 0 Å². The minimum atomic E-state index is -0.357. The van der Waals surface area contributed by atoms with E-state index >= 15 is 0 Å². The Morgan fingerprint density at radius 2 is 2.10 bits per heavy atom. The van der Waals surface area contributed by atoms with Crippen LogP contribution >= 0.6 is 11.3 Å². The van der Waals surface area contributed by atoms with Gasteiger partial charge in [-0.2, -0.15) is 0 Å². The largest absolute Gasteiger partial charge is 0.384 e. The number of carbonyl (C=O) groups excluding carboxylic acids is 1. The Morgan fingerprint density at radius 3 is 2.80 bits per heavy atom. The maximum absolute atomic E-state index is 11.8. The number of anilines is 2. The van der Waals surface area contributed by atoms with E-state index in [1.807, 2.05) is 31.2 Å². The molecule has 0 bridgehead atoms. The highest BCUT2D eigenvalue weighted by molar-refractivity contribution is 7.16. The van der Waals surface area contributed by atoms with E-state index in [9.17, 15) is 4.79 Å². The standard InChI is InChI=1S/C14H13N3O2S/c1-10-4-6-11(7-5-10)16-13(19)17-14-15-9-12(20-14)3-2-8-18/h4-7,9,18H,8H2,1H3,(H2,15,16,17,19). The molecule has 20 heavy (non-hydrogen) atoms. The molecule has 0 aliphatic carbocycles. The molecule has 2 amide bonds. The molecule has 2 aromatic rings. The van der Waals surface area contributed by atoms with Crippen molar-refractivity contribution >= 4 is 28.2 Å². The summed E-state index contributed by atoms with van der Waals surface area (Å²) in [6.45, 7) is 1.78. The lowest BCUT2D eigenvalue weighted by molar-refractivity contribution is 0.262. The fraction of sp³-hybridized carbons (Fsp3) is 0.143. The van der Waals surface area contributed by atoms with Gasteiger partial charge >= 0.3 is 6.03 Å². The third-order valence-electron chi connectivity index (χ3n) is 2.33. The normalized spacial score (nSPS) is 9.50. The molecule has 0 aliphatic heterocycles. The van der Waals surface area contributed by atoms with Gasteiger partial charge in [0.05, 0.1) is 11.1 Å². The lowest BCUT2D eigenvalue weighted by atomic mass is 10.2. The van der Waals surface area contributed by atoms with Gasteiger partial charge in [-0.1, -0.05) is 40.9 Å². The summed E-state index contributed by atoms with van der Waals surface area (Å²) in [7, 11) is 0. The van der Waals surface area contributed by atoms with E-state index in [-0.39, 0.29) is 12.6 Å². The van der Waals surface area contributed by atoms with Crippen molar-refractivity contribution in [2.75, 3.05) is 17.2 Å². The average Bonchev–Trinajstić information content (AvgIpc) is 2.86. The van der Waals surface area contributed by atoms with Crippen LogP contribution in [0.3, 0.4) is 0 Å². The van der Waals surface area contributed by atoms with Crippen molar-refractivity contribution in [3.63, 3.8) is 0 Å². The van der Waals surface area contributed by atoms with Gasteiger partial charge in [0.15, 0.2) is 5.13 Å². The Hall–Kier alpha value is -2.36. The third-order valence-corrected chi connectivity index (χ3v) is 3.15. The Kier molecular flexibility index (Phi) is 4.71. The fourth-order valence-electron chi connectivity index (χ4n) is 1.41. The predicted octanol–water partition coefficient (Wildman–Crippen LogP) is 2.44. The fourth-order valence-corrected chi connectivity index (χ4v) is 2.10. The number of hydrogen-bond acceptors (Lipinski definition) is 4. The van der Waals surface area contributed by atoms with Gasteiger partial charge in [0.1, 0.15) is 6.61 Å². The van der Waals surface area contributed by atoms with Crippen LogP contribution in [-0.4, -0.2) is 22.7 Å². The van der Waals surface area contributed by atoms with Gasteiger partial charge < -0.3 is 10.4 Å².